The summed E-state index contributed by atoms with van der Waals surface area (Å²) in [4.78, 5) is 26.0. The zero-order valence-corrected chi connectivity index (χ0v) is 12.3. The van der Waals surface area contributed by atoms with E-state index in [9.17, 15) is 14.9 Å². The number of aromatic nitrogens is 1. The summed E-state index contributed by atoms with van der Waals surface area (Å²) in [5, 5.41) is 13.5. The summed E-state index contributed by atoms with van der Waals surface area (Å²) >= 11 is 11.5. The summed E-state index contributed by atoms with van der Waals surface area (Å²) in [6.45, 7) is 1.66. The molecule has 2 rings (SSSR count). The first-order chi connectivity index (χ1) is 9.86. The fraction of sp³-hybridized carbons (Fsp3) is 0.0769. The molecule has 1 heterocycles. The third-order valence-electron chi connectivity index (χ3n) is 2.69. The normalized spacial score (nSPS) is 10.2. The van der Waals surface area contributed by atoms with Crippen LogP contribution < -0.4 is 5.32 Å². The number of non-ortho nitro benzene ring substituents is 1. The number of carbonyl (C=O) groups excluding carboxylic acids is 1. The van der Waals surface area contributed by atoms with Crippen molar-refractivity contribution < 1.29 is 9.72 Å². The molecule has 0 unspecified atom stereocenters. The number of carbonyl (C=O) groups is 1. The fourth-order valence-corrected chi connectivity index (χ4v) is 2.15. The average Bonchev–Trinajstić information content (AvgIpc) is 2.39. The molecule has 108 valence electrons. The average molecular weight is 326 g/mol. The van der Waals surface area contributed by atoms with Crippen LogP contribution in [0.4, 0.5) is 11.4 Å². The summed E-state index contributed by atoms with van der Waals surface area (Å²) < 4.78 is 0. The van der Waals surface area contributed by atoms with Gasteiger partial charge in [0.2, 0.25) is 0 Å². The molecule has 0 bridgehead atoms. The molecule has 1 aromatic carbocycles. The van der Waals surface area contributed by atoms with Crippen molar-refractivity contribution in [2.24, 2.45) is 0 Å². The predicted octanol–water partition coefficient (Wildman–Crippen LogP) is 3.86. The molecular formula is C13H9Cl2N3O3. The number of amides is 1. The standard InChI is InChI=1S/C13H9Cl2N3O3/c1-7-4-9(18(20)21)2-3-10(7)16-13(19)8-5-11(14)17-12(15)6-8/h2-6H,1H3,(H,16,19). The number of halogens is 2. The number of rotatable bonds is 3. The number of pyridine rings is 1. The topological polar surface area (TPSA) is 85.1 Å². The molecule has 0 aliphatic heterocycles. The lowest BCUT2D eigenvalue weighted by molar-refractivity contribution is -0.384. The van der Waals surface area contributed by atoms with Gasteiger partial charge in [-0.2, -0.15) is 0 Å². The molecule has 0 aliphatic carbocycles. The Hall–Kier alpha value is -2.18. The van der Waals surface area contributed by atoms with Gasteiger partial charge in [-0.05, 0) is 30.7 Å². The minimum Gasteiger partial charge on any atom is -0.322 e. The Labute approximate surface area is 129 Å². The predicted molar refractivity (Wildman–Crippen MR) is 80.0 cm³/mol. The third-order valence-corrected chi connectivity index (χ3v) is 3.08. The van der Waals surface area contributed by atoms with Gasteiger partial charge >= 0.3 is 0 Å². The minimum absolute atomic E-state index is 0.0412. The Morgan fingerprint density at radius 1 is 1.24 bits per heavy atom. The van der Waals surface area contributed by atoms with Crippen LogP contribution in [0.25, 0.3) is 0 Å². The number of nitrogens with zero attached hydrogens (tertiary/aromatic N) is 2. The zero-order valence-electron chi connectivity index (χ0n) is 10.8. The van der Waals surface area contributed by atoms with Crippen molar-refractivity contribution in [3.05, 3.63) is 61.9 Å². The van der Waals surface area contributed by atoms with E-state index in [0.29, 0.717) is 11.3 Å². The molecule has 0 aliphatic rings. The second-order valence-electron chi connectivity index (χ2n) is 4.21. The molecule has 1 aromatic heterocycles. The number of anilines is 1. The molecule has 6 nitrogen and oxygen atoms in total. The van der Waals surface area contributed by atoms with Crippen LogP contribution in [-0.4, -0.2) is 15.8 Å². The van der Waals surface area contributed by atoms with Gasteiger partial charge in [-0.1, -0.05) is 23.2 Å². The zero-order chi connectivity index (χ0) is 15.6. The molecule has 0 atom stereocenters. The van der Waals surface area contributed by atoms with Gasteiger partial charge in [0, 0.05) is 23.4 Å². The van der Waals surface area contributed by atoms with Gasteiger partial charge in [0.05, 0.1) is 4.92 Å². The lowest BCUT2D eigenvalue weighted by Gasteiger charge is -2.08. The van der Waals surface area contributed by atoms with Crippen LogP contribution in [0.2, 0.25) is 10.3 Å². The van der Waals surface area contributed by atoms with E-state index in [-0.39, 0.29) is 21.6 Å². The van der Waals surface area contributed by atoms with E-state index < -0.39 is 10.8 Å². The van der Waals surface area contributed by atoms with E-state index in [2.05, 4.69) is 10.3 Å². The van der Waals surface area contributed by atoms with Gasteiger partial charge in [0.25, 0.3) is 11.6 Å². The summed E-state index contributed by atoms with van der Waals surface area (Å²) in [6.07, 6.45) is 0. The summed E-state index contributed by atoms with van der Waals surface area (Å²) in [6, 6.07) is 6.92. The van der Waals surface area contributed by atoms with Gasteiger partial charge in [0.1, 0.15) is 10.3 Å². The highest BCUT2D eigenvalue weighted by molar-refractivity contribution is 6.33. The van der Waals surface area contributed by atoms with Crippen LogP contribution in [0.5, 0.6) is 0 Å². The largest absolute Gasteiger partial charge is 0.322 e. The van der Waals surface area contributed by atoms with Crippen LogP contribution in [-0.2, 0) is 0 Å². The van der Waals surface area contributed by atoms with E-state index in [1.54, 1.807) is 6.92 Å². The van der Waals surface area contributed by atoms with Crippen molar-refractivity contribution in [3.8, 4) is 0 Å². The van der Waals surface area contributed by atoms with Gasteiger partial charge < -0.3 is 5.32 Å². The first kappa shape index (κ1) is 15.2. The molecule has 0 radical (unpaired) electrons. The SMILES string of the molecule is Cc1cc([N+](=O)[O-])ccc1NC(=O)c1cc(Cl)nc(Cl)c1. The van der Waals surface area contributed by atoms with Crippen LogP contribution in [0.1, 0.15) is 15.9 Å². The molecule has 8 heteroatoms. The Balaban J connectivity index is 2.25. The van der Waals surface area contributed by atoms with Crippen molar-refractivity contribution in [3.63, 3.8) is 0 Å². The summed E-state index contributed by atoms with van der Waals surface area (Å²) in [5.41, 5.74) is 1.25. The van der Waals surface area contributed by atoms with Crippen LogP contribution in [0.15, 0.2) is 30.3 Å². The fourth-order valence-electron chi connectivity index (χ4n) is 1.69. The maximum Gasteiger partial charge on any atom is 0.269 e. The Kier molecular flexibility index (Phi) is 4.40. The van der Waals surface area contributed by atoms with Crippen LogP contribution in [0.3, 0.4) is 0 Å². The van der Waals surface area contributed by atoms with Crippen LogP contribution >= 0.6 is 23.2 Å². The Morgan fingerprint density at radius 3 is 2.38 bits per heavy atom. The van der Waals surface area contributed by atoms with Crippen LogP contribution in [0, 0.1) is 17.0 Å². The number of benzene rings is 1. The van der Waals surface area contributed by atoms with E-state index in [1.807, 2.05) is 0 Å². The maximum atomic E-state index is 12.1. The Morgan fingerprint density at radius 2 is 1.86 bits per heavy atom. The van der Waals surface area contributed by atoms with E-state index >= 15 is 0 Å². The molecule has 1 N–H and O–H groups in total. The molecule has 1 amide bonds. The molecule has 0 saturated carbocycles. The maximum absolute atomic E-state index is 12.1. The van der Waals surface area contributed by atoms with E-state index in [0.717, 1.165) is 0 Å². The van der Waals surface area contributed by atoms with Gasteiger partial charge in [0.15, 0.2) is 0 Å². The van der Waals surface area contributed by atoms with Gasteiger partial charge in [-0.15, -0.1) is 0 Å². The molecule has 21 heavy (non-hydrogen) atoms. The second kappa shape index (κ2) is 6.07. The minimum atomic E-state index is -0.499. The van der Waals surface area contributed by atoms with E-state index in [4.69, 9.17) is 23.2 Å². The van der Waals surface area contributed by atoms with Crippen molar-refractivity contribution in [1.29, 1.82) is 0 Å². The molecule has 0 spiro atoms. The monoisotopic (exact) mass is 325 g/mol. The number of nitrogens with one attached hydrogen (secondary N) is 1. The Bertz CT molecular complexity index is 714. The summed E-state index contributed by atoms with van der Waals surface area (Å²) in [5.74, 6) is -0.432. The van der Waals surface area contributed by atoms with Gasteiger partial charge in [-0.3, -0.25) is 14.9 Å². The van der Waals surface area contributed by atoms with Crippen molar-refractivity contribution in [1.82, 2.24) is 4.98 Å². The van der Waals surface area contributed by atoms with E-state index in [1.165, 1.54) is 30.3 Å². The molecule has 2 aromatic rings. The summed E-state index contributed by atoms with van der Waals surface area (Å²) in [7, 11) is 0. The number of nitro groups is 1. The lowest BCUT2D eigenvalue weighted by Crippen LogP contribution is -2.13. The number of hydrogen-bond donors (Lipinski definition) is 1. The molecule has 0 saturated heterocycles. The smallest absolute Gasteiger partial charge is 0.269 e. The highest BCUT2D eigenvalue weighted by Gasteiger charge is 2.13. The second-order valence-corrected chi connectivity index (χ2v) is 4.99. The first-order valence-corrected chi connectivity index (χ1v) is 6.52. The number of aryl methyl sites for hydroxylation is 1. The van der Waals surface area contributed by atoms with Crippen molar-refractivity contribution in [2.45, 2.75) is 6.92 Å². The van der Waals surface area contributed by atoms with Gasteiger partial charge in [-0.25, -0.2) is 4.98 Å². The van der Waals surface area contributed by atoms with Crippen molar-refractivity contribution >= 4 is 40.5 Å². The third kappa shape index (κ3) is 3.68. The number of hydrogen-bond acceptors (Lipinski definition) is 4. The highest BCUT2D eigenvalue weighted by Crippen LogP contribution is 2.22. The molecule has 0 fully saturated rings. The number of nitro benzene ring substituents is 1. The highest BCUT2D eigenvalue weighted by atomic mass is 35.5. The lowest BCUT2D eigenvalue weighted by atomic mass is 10.1. The van der Waals surface area contributed by atoms with Crippen molar-refractivity contribution in [2.75, 3.05) is 5.32 Å². The quantitative estimate of drug-likeness (QED) is 0.527. The molecular weight excluding hydrogens is 317 g/mol. The first-order valence-electron chi connectivity index (χ1n) is 5.76.